The Kier molecular flexibility index (Phi) is 4.91. The number of pyridine rings is 1. The summed E-state index contributed by atoms with van der Waals surface area (Å²) in [4.78, 5) is 15.4. The van der Waals surface area contributed by atoms with Gasteiger partial charge in [-0.3, -0.25) is 14.3 Å². The fourth-order valence-corrected chi connectivity index (χ4v) is 2.86. The van der Waals surface area contributed by atoms with Gasteiger partial charge in [0.05, 0.1) is 18.3 Å². The Bertz CT molecular complexity index is 1140. The van der Waals surface area contributed by atoms with E-state index < -0.39 is 11.8 Å². The molecule has 27 heavy (non-hydrogen) atoms. The molecule has 0 saturated carbocycles. The van der Waals surface area contributed by atoms with Crippen LogP contribution in [0.2, 0.25) is 0 Å². The average Bonchev–Trinajstić information content (AvgIpc) is 3.21. The maximum atomic E-state index is 14.6. The van der Waals surface area contributed by atoms with Gasteiger partial charge in [0, 0.05) is 30.6 Å². The number of aryl methyl sites for hydroxylation is 1. The molecule has 0 atom stereocenters. The summed E-state index contributed by atoms with van der Waals surface area (Å²) in [6, 6.07) is 8.31. The lowest BCUT2D eigenvalue weighted by Crippen LogP contribution is -2.06. The van der Waals surface area contributed by atoms with Crippen LogP contribution in [0.3, 0.4) is 0 Å². The lowest BCUT2D eigenvalue weighted by atomic mass is 10.1. The first-order valence-corrected chi connectivity index (χ1v) is 7.85. The second-order valence-corrected chi connectivity index (χ2v) is 5.89. The molecule has 3 aromatic heterocycles. The first kappa shape index (κ1) is 18.5. The molecule has 4 aromatic rings. The summed E-state index contributed by atoms with van der Waals surface area (Å²) >= 11 is 0. The summed E-state index contributed by atoms with van der Waals surface area (Å²) in [7, 11) is 1.80. The van der Waals surface area contributed by atoms with Gasteiger partial charge in [-0.15, -0.1) is 12.4 Å². The minimum absolute atomic E-state index is 0. The second-order valence-electron chi connectivity index (χ2n) is 5.89. The molecule has 0 fully saturated rings. The number of rotatable bonds is 4. The molecule has 7 nitrogen and oxygen atoms in total. The van der Waals surface area contributed by atoms with Crippen molar-refractivity contribution in [3.63, 3.8) is 0 Å². The zero-order valence-electron chi connectivity index (χ0n) is 14.2. The van der Waals surface area contributed by atoms with Crippen molar-refractivity contribution in [3.8, 4) is 11.1 Å². The van der Waals surface area contributed by atoms with Crippen LogP contribution in [-0.4, -0.2) is 35.6 Å². The molecule has 0 aliphatic heterocycles. The maximum absolute atomic E-state index is 14.6. The number of nitrogens with zero attached hydrogens (tertiary/aromatic N) is 5. The molecular formula is C18H15ClFN5O2. The third-order valence-corrected chi connectivity index (χ3v) is 4.12. The summed E-state index contributed by atoms with van der Waals surface area (Å²) in [6.07, 6.45) is 4.98. The molecule has 3 heterocycles. The normalized spacial score (nSPS) is 10.7. The van der Waals surface area contributed by atoms with Crippen LogP contribution in [0.1, 0.15) is 16.1 Å². The fraction of sp³-hybridized carbons (Fsp3) is 0.111. The van der Waals surface area contributed by atoms with E-state index in [1.54, 1.807) is 48.4 Å². The van der Waals surface area contributed by atoms with Gasteiger partial charge in [-0.05, 0) is 23.8 Å². The number of carboxylic acid groups (broad SMARTS) is 1. The molecule has 4 rings (SSSR count). The highest BCUT2D eigenvalue weighted by molar-refractivity contribution is 5.99. The Balaban J connectivity index is 0.00000210. The van der Waals surface area contributed by atoms with Crippen molar-refractivity contribution in [2.75, 3.05) is 0 Å². The second kappa shape index (κ2) is 7.16. The lowest BCUT2D eigenvalue weighted by molar-refractivity contribution is 0.0691. The number of hydrogen-bond donors (Lipinski definition) is 1. The number of carbonyl (C=O) groups is 1. The number of hydrogen-bond acceptors (Lipinski definition) is 4. The number of halogens is 2. The monoisotopic (exact) mass is 387 g/mol. The van der Waals surface area contributed by atoms with Crippen LogP contribution in [0.25, 0.3) is 22.2 Å². The molecule has 138 valence electrons. The molecule has 9 heteroatoms. The molecular weight excluding hydrogens is 373 g/mol. The fourth-order valence-electron chi connectivity index (χ4n) is 2.86. The molecule has 0 aliphatic carbocycles. The first-order chi connectivity index (χ1) is 12.5. The van der Waals surface area contributed by atoms with E-state index in [2.05, 4.69) is 15.2 Å². The van der Waals surface area contributed by atoms with Crippen LogP contribution in [0.5, 0.6) is 0 Å². The number of aromatic nitrogens is 5. The van der Waals surface area contributed by atoms with Crippen LogP contribution in [-0.2, 0) is 13.6 Å². The quantitative estimate of drug-likeness (QED) is 0.581. The van der Waals surface area contributed by atoms with Crippen LogP contribution < -0.4 is 0 Å². The zero-order chi connectivity index (χ0) is 18.3. The number of fused-ring (bicyclic) bond motifs is 1. The molecule has 1 N–H and O–H groups in total. The highest BCUT2D eigenvalue weighted by Gasteiger charge is 2.18. The van der Waals surface area contributed by atoms with Crippen molar-refractivity contribution in [2.45, 2.75) is 6.54 Å². The van der Waals surface area contributed by atoms with Crippen molar-refractivity contribution in [3.05, 3.63) is 66.0 Å². The van der Waals surface area contributed by atoms with Gasteiger partial charge in [-0.2, -0.15) is 10.2 Å². The highest BCUT2D eigenvalue weighted by Crippen LogP contribution is 2.23. The van der Waals surface area contributed by atoms with E-state index >= 15 is 0 Å². The number of aromatic carboxylic acids is 1. The van der Waals surface area contributed by atoms with Gasteiger partial charge in [-0.25, -0.2) is 9.18 Å². The van der Waals surface area contributed by atoms with Crippen LogP contribution >= 0.6 is 12.4 Å². The van der Waals surface area contributed by atoms with E-state index in [1.807, 2.05) is 0 Å². The van der Waals surface area contributed by atoms with Crippen molar-refractivity contribution >= 4 is 29.4 Å². The third-order valence-electron chi connectivity index (χ3n) is 4.12. The van der Waals surface area contributed by atoms with Gasteiger partial charge in [0.2, 0.25) is 0 Å². The first-order valence-electron chi connectivity index (χ1n) is 7.85. The van der Waals surface area contributed by atoms with Crippen LogP contribution in [0.15, 0.2) is 48.9 Å². The predicted octanol–water partition coefficient (Wildman–Crippen LogP) is 3.14. The van der Waals surface area contributed by atoms with Crippen LogP contribution in [0, 0.1) is 5.82 Å². The third kappa shape index (κ3) is 3.39. The number of carboxylic acids is 1. The Labute approximate surface area is 159 Å². The zero-order valence-corrected chi connectivity index (χ0v) is 15.0. The molecule has 0 radical (unpaired) electrons. The average molecular weight is 388 g/mol. The minimum Gasteiger partial charge on any atom is -0.476 e. The molecule has 0 bridgehead atoms. The molecule has 0 unspecified atom stereocenters. The van der Waals surface area contributed by atoms with Gasteiger partial charge in [0.1, 0.15) is 11.3 Å². The van der Waals surface area contributed by atoms with Crippen LogP contribution in [0.4, 0.5) is 4.39 Å². The van der Waals surface area contributed by atoms with Gasteiger partial charge in [0.25, 0.3) is 0 Å². The minimum atomic E-state index is -1.17. The summed E-state index contributed by atoms with van der Waals surface area (Å²) in [5, 5.41) is 17.5. The van der Waals surface area contributed by atoms with E-state index in [4.69, 9.17) is 0 Å². The van der Waals surface area contributed by atoms with E-state index in [-0.39, 0.29) is 30.2 Å². The Morgan fingerprint density at radius 3 is 2.74 bits per heavy atom. The standard InChI is InChI=1S/C18H14FN5O2.ClH/c1-23-9-13(8-21-23)11-4-5-12(14(19)7-11)10-24-15-3-2-6-20-16(15)17(22-24)18(25)26;/h2-9H,10H2,1H3,(H,25,26);1H. The largest absolute Gasteiger partial charge is 0.476 e. The van der Waals surface area contributed by atoms with Crippen molar-refractivity contribution in [1.82, 2.24) is 24.5 Å². The van der Waals surface area contributed by atoms with Crippen molar-refractivity contribution in [2.24, 2.45) is 7.05 Å². The van der Waals surface area contributed by atoms with Gasteiger partial charge < -0.3 is 5.11 Å². The number of benzene rings is 1. The van der Waals surface area contributed by atoms with Gasteiger partial charge in [0.15, 0.2) is 5.69 Å². The van der Waals surface area contributed by atoms with E-state index in [9.17, 15) is 14.3 Å². The van der Waals surface area contributed by atoms with E-state index in [0.717, 1.165) is 11.1 Å². The van der Waals surface area contributed by atoms with Gasteiger partial charge in [-0.1, -0.05) is 12.1 Å². The molecule has 0 spiro atoms. The highest BCUT2D eigenvalue weighted by atomic mass is 35.5. The Morgan fingerprint density at radius 1 is 1.26 bits per heavy atom. The predicted molar refractivity (Wildman–Crippen MR) is 99.4 cm³/mol. The molecule has 1 aromatic carbocycles. The Hall–Kier alpha value is -3.26. The van der Waals surface area contributed by atoms with Gasteiger partial charge >= 0.3 is 5.97 Å². The smallest absolute Gasteiger partial charge is 0.358 e. The molecule has 0 amide bonds. The summed E-state index contributed by atoms with van der Waals surface area (Å²) in [5.74, 6) is -1.56. The topological polar surface area (TPSA) is 85.8 Å². The van der Waals surface area contributed by atoms with E-state index in [1.165, 1.54) is 16.9 Å². The Morgan fingerprint density at radius 2 is 2.07 bits per heavy atom. The van der Waals surface area contributed by atoms with Crippen molar-refractivity contribution < 1.29 is 14.3 Å². The summed E-state index contributed by atoms with van der Waals surface area (Å²) in [6.45, 7) is 0.106. The SMILES string of the molecule is Cl.Cn1cc(-c2ccc(Cn3nc(C(=O)O)c4ncccc43)c(F)c2)cn1. The lowest BCUT2D eigenvalue weighted by Gasteiger charge is -2.07. The summed E-state index contributed by atoms with van der Waals surface area (Å²) < 4.78 is 17.7. The molecule has 0 saturated heterocycles. The van der Waals surface area contributed by atoms with Crippen molar-refractivity contribution in [1.29, 1.82) is 0 Å². The summed E-state index contributed by atoms with van der Waals surface area (Å²) in [5.41, 5.74) is 2.63. The molecule has 0 aliphatic rings. The van der Waals surface area contributed by atoms with E-state index in [0.29, 0.717) is 11.1 Å². The maximum Gasteiger partial charge on any atom is 0.358 e.